The van der Waals surface area contributed by atoms with Gasteiger partial charge in [0.05, 0.1) is 17.8 Å². The van der Waals surface area contributed by atoms with Gasteiger partial charge in [0.2, 0.25) is 0 Å². The Morgan fingerprint density at radius 2 is 2.20 bits per heavy atom. The molecule has 108 valence electrons. The number of aromatic nitrogens is 1. The minimum atomic E-state index is 0.442. The molecule has 0 unspecified atom stereocenters. The van der Waals surface area contributed by atoms with E-state index in [1.807, 2.05) is 23.6 Å². The van der Waals surface area contributed by atoms with E-state index in [1.54, 1.807) is 18.4 Å². The van der Waals surface area contributed by atoms with Crippen LogP contribution >= 0.6 is 11.3 Å². The fourth-order valence-electron chi connectivity index (χ4n) is 1.86. The lowest BCUT2D eigenvalue weighted by Crippen LogP contribution is -2.03. The number of hydrogen-bond donors (Lipinski definition) is 1. The monoisotopic (exact) mass is 292 g/mol. The molecular weight excluding hydrogens is 272 g/mol. The van der Waals surface area contributed by atoms with E-state index in [9.17, 15) is 0 Å². The van der Waals surface area contributed by atoms with Gasteiger partial charge < -0.3 is 15.2 Å². The minimum Gasteiger partial charge on any atom is -0.497 e. The molecule has 1 aromatic heterocycles. The van der Waals surface area contributed by atoms with Crippen LogP contribution in [-0.4, -0.2) is 12.1 Å². The summed E-state index contributed by atoms with van der Waals surface area (Å²) in [5.41, 5.74) is 7.65. The molecule has 0 spiro atoms. The van der Waals surface area contributed by atoms with Crippen molar-refractivity contribution < 1.29 is 9.47 Å². The van der Waals surface area contributed by atoms with Gasteiger partial charge in [-0.05, 0) is 18.9 Å². The van der Waals surface area contributed by atoms with Gasteiger partial charge in [0.15, 0.2) is 0 Å². The number of ether oxygens (including phenoxy) is 2. The molecule has 0 aliphatic rings. The lowest BCUT2D eigenvalue weighted by molar-refractivity contribution is 0.296. The van der Waals surface area contributed by atoms with Crippen molar-refractivity contribution in [2.24, 2.45) is 5.73 Å². The van der Waals surface area contributed by atoms with E-state index < -0.39 is 0 Å². The largest absolute Gasteiger partial charge is 0.497 e. The van der Waals surface area contributed by atoms with Crippen LogP contribution in [0.1, 0.15) is 29.6 Å². The third kappa shape index (κ3) is 3.71. The van der Waals surface area contributed by atoms with Gasteiger partial charge in [-0.1, -0.05) is 13.0 Å². The molecule has 2 aromatic rings. The Morgan fingerprint density at radius 3 is 2.90 bits per heavy atom. The predicted octanol–water partition coefficient (Wildman–Crippen LogP) is 3.14. The average molecular weight is 292 g/mol. The van der Waals surface area contributed by atoms with E-state index in [0.717, 1.165) is 40.6 Å². The molecule has 20 heavy (non-hydrogen) atoms. The number of aryl methyl sites for hydroxylation is 1. The van der Waals surface area contributed by atoms with Gasteiger partial charge in [0.25, 0.3) is 0 Å². The highest BCUT2D eigenvalue weighted by molar-refractivity contribution is 7.09. The summed E-state index contributed by atoms with van der Waals surface area (Å²) in [4.78, 5) is 4.54. The highest BCUT2D eigenvalue weighted by Gasteiger charge is 2.07. The number of thiazole rings is 1. The summed E-state index contributed by atoms with van der Waals surface area (Å²) in [6, 6.07) is 5.68. The van der Waals surface area contributed by atoms with Crippen LogP contribution in [0.3, 0.4) is 0 Å². The fourth-order valence-corrected chi connectivity index (χ4v) is 2.75. The highest BCUT2D eigenvalue weighted by Crippen LogP contribution is 2.25. The Morgan fingerprint density at radius 1 is 1.35 bits per heavy atom. The molecule has 0 saturated heterocycles. The zero-order valence-electron chi connectivity index (χ0n) is 11.9. The van der Waals surface area contributed by atoms with Crippen LogP contribution in [0.4, 0.5) is 0 Å². The summed E-state index contributed by atoms with van der Waals surface area (Å²) in [7, 11) is 1.64. The maximum atomic E-state index is 5.83. The summed E-state index contributed by atoms with van der Waals surface area (Å²) in [6.45, 7) is 3.05. The Balaban J connectivity index is 2.05. The van der Waals surface area contributed by atoms with Crippen LogP contribution in [0.2, 0.25) is 0 Å². The van der Waals surface area contributed by atoms with Gasteiger partial charge >= 0.3 is 0 Å². The number of hydrogen-bond acceptors (Lipinski definition) is 5. The van der Waals surface area contributed by atoms with Crippen LogP contribution < -0.4 is 15.2 Å². The van der Waals surface area contributed by atoms with E-state index in [4.69, 9.17) is 15.2 Å². The summed E-state index contributed by atoms with van der Waals surface area (Å²) < 4.78 is 11.0. The number of nitrogens with zero attached hydrogens (tertiary/aromatic N) is 1. The number of methoxy groups -OCH3 is 1. The maximum Gasteiger partial charge on any atom is 0.131 e. The first-order valence-corrected chi connectivity index (χ1v) is 7.57. The number of nitrogens with two attached hydrogens (primary N) is 1. The zero-order valence-corrected chi connectivity index (χ0v) is 12.7. The smallest absolute Gasteiger partial charge is 0.131 e. The summed E-state index contributed by atoms with van der Waals surface area (Å²) in [6.07, 6.45) is 2.14. The van der Waals surface area contributed by atoms with Crippen molar-refractivity contribution in [3.8, 4) is 11.5 Å². The molecule has 0 amide bonds. The van der Waals surface area contributed by atoms with Crippen molar-refractivity contribution in [2.75, 3.05) is 7.11 Å². The predicted molar refractivity (Wildman–Crippen MR) is 81.3 cm³/mol. The van der Waals surface area contributed by atoms with Gasteiger partial charge in [0, 0.05) is 23.6 Å². The van der Waals surface area contributed by atoms with E-state index in [0.29, 0.717) is 13.2 Å². The fraction of sp³-hybridized carbons (Fsp3) is 0.400. The van der Waals surface area contributed by atoms with Gasteiger partial charge in [-0.15, -0.1) is 11.3 Å². The third-order valence-electron chi connectivity index (χ3n) is 2.93. The van der Waals surface area contributed by atoms with Gasteiger partial charge in [0.1, 0.15) is 18.1 Å². The Labute approximate surface area is 123 Å². The second-order valence-corrected chi connectivity index (χ2v) is 5.39. The Hall–Kier alpha value is -1.59. The summed E-state index contributed by atoms with van der Waals surface area (Å²) in [5.74, 6) is 1.53. The molecule has 0 saturated carbocycles. The second kappa shape index (κ2) is 7.26. The quantitative estimate of drug-likeness (QED) is 0.851. The number of rotatable bonds is 7. The lowest BCUT2D eigenvalue weighted by atomic mass is 10.2. The molecule has 4 nitrogen and oxygen atoms in total. The van der Waals surface area contributed by atoms with Crippen LogP contribution in [0.25, 0.3) is 0 Å². The first-order valence-electron chi connectivity index (χ1n) is 6.69. The van der Waals surface area contributed by atoms with Gasteiger partial charge in [-0.25, -0.2) is 4.98 Å². The molecule has 0 bridgehead atoms. The van der Waals surface area contributed by atoms with Crippen molar-refractivity contribution in [2.45, 2.75) is 32.9 Å². The average Bonchev–Trinajstić information content (AvgIpc) is 2.93. The second-order valence-electron chi connectivity index (χ2n) is 4.45. The van der Waals surface area contributed by atoms with Gasteiger partial charge in [-0.3, -0.25) is 0 Å². The minimum absolute atomic E-state index is 0.442. The molecular formula is C15H20N2O2S. The zero-order chi connectivity index (χ0) is 14.4. The van der Waals surface area contributed by atoms with E-state index in [-0.39, 0.29) is 0 Å². The van der Waals surface area contributed by atoms with Crippen molar-refractivity contribution >= 4 is 11.3 Å². The molecule has 0 aliphatic carbocycles. The van der Waals surface area contributed by atoms with Crippen molar-refractivity contribution in [3.05, 3.63) is 39.8 Å². The summed E-state index contributed by atoms with van der Waals surface area (Å²) in [5, 5.41) is 3.21. The Bertz CT molecular complexity index is 555. The third-order valence-corrected chi connectivity index (χ3v) is 3.89. The normalized spacial score (nSPS) is 10.6. The topological polar surface area (TPSA) is 57.4 Å². The molecule has 0 fully saturated rings. The molecule has 1 aromatic carbocycles. The molecule has 0 radical (unpaired) electrons. The highest BCUT2D eigenvalue weighted by atomic mass is 32.1. The standard InChI is InChI=1S/C15H20N2O2S/c1-3-4-15-17-12(10-20-15)9-19-14-7-13(18-2)6-5-11(14)8-16/h5-7,10H,3-4,8-9,16H2,1-2H3. The molecule has 0 aliphatic heterocycles. The maximum absolute atomic E-state index is 5.83. The molecule has 2 N–H and O–H groups in total. The van der Waals surface area contributed by atoms with E-state index >= 15 is 0 Å². The van der Waals surface area contributed by atoms with Crippen molar-refractivity contribution in [3.63, 3.8) is 0 Å². The van der Waals surface area contributed by atoms with Crippen LogP contribution in [0.15, 0.2) is 23.6 Å². The Kier molecular flexibility index (Phi) is 5.38. The molecule has 2 rings (SSSR count). The van der Waals surface area contributed by atoms with Crippen LogP contribution in [0, 0.1) is 0 Å². The van der Waals surface area contributed by atoms with Crippen LogP contribution in [-0.2, 0) is 19.6 Å². The van der Waals surface area contributed by atoms with Crippen molar-refractivity contribution in [1.29, 1.82) is 0 Å². The first kappa shape index (κ1) is 14.8. The lowest BCUT2D eigenvalue weighted by Gasteiger charge is -2.11. The molecule has 5 heteroatoms. The van der Waals surface area contributed by atoms with Crippen LogP contribution in [0.5, 0.6) is 11.5 Å². The first-order chi connectivity index (χ1) is 9.76. The van der Waals surface area contributed by atoms with Crippen molar-refractivity contribution in [1.82, 2.24) is 4.98 Å². The molecule has 0 atom stereocenters. The van der Waals surface area contributed by atoms with Gasteiger partial charge in [-0.2, -0.15) is 0 Å². The summed E-state index contributed by atoms with van der Waals surface area (Å²) >= 11 is 1.69. The van der Waals surface area contributed by atoms with E-state index in [2.05, 4.69) is 11.9 Å². The SMILES string of the molecule is CCCc1nc(COc2cc(OC)ccc2CN)cs1. The van der Waals surface area contributed by atoms with E-state index in [1.165, 1.54) is 0 Å². The molecule has 1 heterocycles. The number of benzene rings is 1.